The van der Waals surface area contributed by atoms with Gasteiger partial charge in [0.05, 0.1) is 5.56 Å². The molecule has 0 amide bonds. The Kier molecular flexibility index (Phi) is 5.59. The van der Waals surface area contributed by atoms with Crippen LogP contribution in [0.25, 0.3) is 22.6 Å². The largest absolute Gasteiger partial charge is 0.478 e. The average molecular weight is 424 g/mol. The van der Waals surface area contributed by atoms with Crippen molar-refractivity contribution in [2.24, 2.45) is 5.92 Å². The van der Waals surface area contributed by atoms with Crippen molar-refractivity contribution in [3.8, 4) is 22.6 Å². The van der Waals surface area contributed by atoms with Crippen LogP contribution in [0.15, 0.2) is 89.3 Å². The van der Waals surface area contributed by atoms with Crippen LogP contribution in [-0.2, 0) is 6.42 Å². The first kappa shape index (κ1) is 20.3. The van der Waals surface area contributed by atoms with Crippen molar-refractivity contribution >= 4 is 5.97 Å². The third-order valence-corrected chi connectivity index (χ3v) is 6.38. The number of oxazole rings is 1. The lowest BCUT2D eigenvalue weighted by molar-refractivity contribution is 0.0696. The van der Waals surface area contributed by atoms with Gasteiger partial charge in [-0.3, -0.25) is 0 Å². The smallest absolute Gasteiger partial charge is 0.335 e. The fraction of sp³-hybridized carbons (Fsp3) is 0.214. The Bertz CT molecular complexity index is 1160. The predicted octanol–water partition coefficient (Wildman–Crippen LogP) is 6.83. The molecule has 1 N–H and O–H groups in total. The van der Waals surface area contributed by atoms with E-state index in [1.807, 2.05) is 48.5 Å². The lowest BCUT2D eigenvalue weighted by Gasteiger charge is -2.17. The molecular weight excluding hydrogens is 398 g/mol. The van der Waals surface area contributed by atoms with Crippen LogP contribution in [0, 0.1) is 5.92 Å². The number of nitrogens with zero attached hydrogens (tertiary/aromatic N) is 1. The summed E-state index contributed by atoms with van der Waals surface area (Å²) in [4.78, 5) is 16.4. The van der Waals surface area contributed by atoms with E-state index in [4.69, 9.17) is 9.40 Å². The molecule has 1 aromatic heterocycles. The number of rotatable bonds is 6. The first-order valence-electron chi connectivity index (χ1n) is 11.1. The van der Waals surface area contributed by atoms with Crippen molar-refractivity contribution in [2.45, 2.75) is 31.6 Å². The average Bonchev–Trinajstić information content (AvgIpc) is 3.47. The molecular formula is C28H25NO3. The van der Waals surface area contributed by atoms with E-state index in [2.05, 4.69) is 24.3 Å². The van der Waals surface area contributed by atoms with Gasteiger partial charge in [-0.15, -0.1) is 0 Å². The Morgan fingerprint density at radius 3 is 2.34 bits per heavy atom. The molecule has 1 aliphatic carbocycles. The van der Waals surface area contributed by atoms with Crippen LogP contribution < -0.4 is 0 Å². The van der Waals surface area contributed by atoms with Crippen molar-refractivity contribution < 1.29 is 14.3 Å². The van der Waals surface area contributed by atoms with Crippen molar-refractivity contribution in [2.75, 3.05) is 0 Å². The number of aromatic nitrogens is 1. The van der Waals surface area contributed by atoms with Crippen LogP contribution >= 0.6 is 0 Å². The molecule has 5 rings (SSSR count). The zero-order valence-electron chi connectivity index (χ0n) is 17.8. The summed E-state index contributed by atoms with van der Waals surface area (Å²) in [6.07, 6.45) is 4.07. The van der Waals surface area contributed by atoms with E-state index in [9.17, 15) is 9.90 Å². The topological polar surface area (TPSA) is 63.3 Å². The van der Waals surface area contributed by atoms with Crippen LogP contribution in [-0.4, -0.2) is 16.1 Å². The van der Waals surface area contributed by atoms with Crippen molar-refractivity contribution in [1.29, 1.82) is 0 Å². The standard InChI is InChI=1S/C28H25NO3/c30-28(31)23-15-7-9-19(18-23)17-22-14-8-16-24(22)27-29-25(20-10-3-1-4-11-20)26(32-27)21-12-5-2-6-13-21/h1-7,9-13,15,18,22,24H,8,14,16-17H2,(H,30,31)/t22-,24-/m0/s1. The van der Waals surface area contributed by atoms with E-state index < -0.39 is 5.97 Å². The summed E-state index contributed by atoms with van der Waals surface area (Å²) in [7, 11) is 0. The fourth-order valence-electron chi connectivity index (χ4n) is 4.81. The van der Waals surface area contributed by atoms with Crippen LogP contribution in [0.2, 0.25) is 0 Å². The number of carboxylic acids is 1. The van der Waals surface area contributed by atoms with Crippen LogP contribution in [0.3, 0.4) is 0 Å². The van der Waals surface area contributed by atoms with E-state index in [1.165, 1.54) is 0 Å². The molecule has 0 aliphatic heterocycles. The van der Waals surface area contributed by atoms with Crippen molar-refractivity contribution in [1.82, 2.24) is 4.98 Å². The minimum atomic E-state index is -0.887. The summed E-state index contributed by atoms with van der Waals surface area (Å²) >= 11 is 0. The van der Waals surface area contributed by atoms with Crippen molar-refractivity contribution in [3.05, 3.63) is 102 Å². The normalized spacial score (nSPS) is 18.0. The molecule has 0 spiro atoms. The molecule has 1 saturated carbocycles. The first-order chi connectivity index (χ1) is 15.7. The quantitative estimate of drug-likeness (QED) is 0.369. The third-order valence-electron chi connectivity index (χ3n) is 6.38. The van der Waals surface area contributed by atoms with Crippen LogP contribution in [0.5, 0.6) is 0 Å². The van der Waals surface area contributed by atoms with Gasteiger partial charge in [0.2, 0.25) is 0 Å². The summed E-state index contributed by atoms with van der Waals surface area (Å²) in [5, 5.41) is 9.32. The summed E-state index contributed by atoms with van der Waals surface area (Å²) < 4.78 is 6.46. The van der Waals surface area contributed by atoms with E-state index in [1.54, 1.807) is 12.1 Å². The van der Waals surface area contributed by atoms with Gasteiger partial charge >= 0.3 is 5.97 Å². The number of benzene rings is 3. The molecule has 0 unspecified atom stereocenters. The second kappa shape index (κ2) is 8.83. The Morgan fingerprint density at radius 1 is 0.906 bits per heavy atom. The lowest BCUT2D eigenvalue weighted by atomic mass is 9.89. The number of hydrogen-bond donors (Lipinski definition) is 1. The first-order valence-corrected chi connectivity index (χ1v) is 11.1. The number of aromatic carboxylic acids is 1. The van der Waals surface area contributed by atoms with Crippen LogP contribution in [0.4, 0.5) is 0 Å². The second-order valence-electron chi connectivity index (χ2n) is 8.47. The van der Waals surface area contributed by atoms with Crippen LogP contribution in [0.1, 0.15) is 47.0 Å². The van der Waals surface area contributed by atoms with Gasteiger partial charge in [0.15, 0.2) is 11.7 Å². The Hall–Kier alpha value is -3.66. The zero-order chi connectivity index (χ0) is 21.9. The fourth-order valence-corrected chi connectivity index (χ4v) is 4.81. The molecule has 32 heavy (non-hydrogen) atoms. The number of hydrogen-bond acceptors (Lipinski definition) is 3. The molecule has 4 heteroatoms. The van der Waals surface area contributed by atoms with Gasteiger partial charge in [-0.05, 0) is 42.9 Å². The molecule has 1 aliphatic rings. The van der Waals surface area contributed by atoms with Crippen molar-refractivity contribution in [3.63, 3.8) is 0 Å². The van der Waals surface area contributed by atoms with Gasteiger partial charge in [-0.2, -0.15) is 0 Å². The lowest BCUT2D eigenvalue weighted by Crippen LogP contribution is -2.10. The molecule has 4 aromatic rings. The third kappa shape index (κ3) is 4.09. The van der Waals surface area contributed by atoms with Gasteiger partial charge in [-0.1, -0.05) is 79.2 Å². The highest BCUT2D eigenvalue weighted by molar-refractivity contribution is 5.87. The SMILES string of the molecule is O=C(O)c1cccc(C[C@@H]2CCC[C@@H]2c2nc(-c3ccccc3)c(-c3ccccc3)o2)c1. The summed E-state index contributed by atoms with van der Waals surface area (Å²) in [6, 6.07) is 27.6. The number of carbonyl (C=O) groups is 1. The minimum Gasteiger partial charge on any atom is -0.478 e. The summed E-state index contributed by atoms with van der Waals surface area (Å²) in [5.41, 5.74) is 4.34. The maximum atomic E-state index is 11.4. The molecule has 160 valence electrons. The molecule has 2 atom stereocenters. The predicted molar refractivity (Wildman–Crippen MR) is 125 cm³/mol. The van der Waals surface area contributed by atoms with E-state index in [0.29, 0.717) is 11.5 Å². The monoisotopic (exact) mass is 423 g/mol. The summed E-state index contributed by atoms with van der Waals surface area (Å²) in [6.45, 7) is 0. The van der Waals surface area contributed by atoms with E-state index in [-0.39, 0.29) is 5.92 Å². The van der Waals surface area contributed by atoms with E-state index in [0.717, 1.165) is 59.7 Å². The molecule has 4 nitrogen and oxygen atoms in total. The maximum Gasteiger partial charge on any atom is 0.335 e. The van der Waals surface area contributed by atoms with E-state index >= 15 is 0 Å². The maximum absolute atomic E-state index is 11.4. The van der Waals surface area contributed by atoms with Gasteiger partial charge in [0.25, 0.3) is 0 Å². The Morgan fingerprint density at radius 2 is 1.62 bits per heavy atom. The Labute approximate surface area is 187 Å². The molecule has 1 fully saturated rings. The van der Waals surface area contributed by atoms with Gasteiger partial charge < -0.3 is 9.52 Å². The molecule has 1 heterocycles. The highest BCUT2D eigenvalue weighted by Crippen LogP contribution is 2.44. The van der Waals surface area contributed by atoms with Gasteiger partial charge in [-0.25, -0.2) is 9.78 Å². The highest BCUT2D eigenvalue weighted by atomic mass is 16.4. The van der Waals surface area contributed by atoms with Gasteiger partial charge in [0.1, 0.15) is 5.69 Å². The second-order valence-corrected chi connectivity index (χ2v) is 8.47. The highest BCUT2D eigenvalue weighted by Gasteiger charge is 2.33. The van der Waals surface area contributed by atoms with Gasteiger partial charge in [0, 0.05) is 17.0 Å². The molecule has 0 radical (unpaired) electrons. The Balaban J connectivity index is 1.49. The minimum absolute atomic E-state index is 0.225. The molecule has 0 saturated heterocycles. The molecule has 0 bridgehead atoms. The number of carboxylic acid groups (broad SMARTS) is 1. The zero-order valence-corrected chi connectivity index (χ0v) is 17.8. The summed E-state index contributed by atoms with van der Waals surface area (Å²) in [5.74, 6) is 1.32. The molecule has 3 aromatic carbocycles.